The lowest BCUT2D eigenvalue weighted by molar-refractivity contribution is -0.145. The predicted octanol–water partition coefficient (Wildman–Crippen LogP) is 1.96. The van der Waals surface area contributed by atoms with Crippen molar-refractivity contribution < 1.29 is 14.3 Å². The number of fused-ring (bicyclic) bond motifs is 2. The molecule has 0 unspecified atom stereocenters. The molecule has 148 valence electrons. The van der Waals surface area contributed by atoms with Crippen LogP contribution in [0.4, 0.5) is 5.13 Å². The number of hydrogen-bond acceptors (Lipinski definition) is 8. The van der Waals surface area contributed by atoms with Crippen LogP contribution in [0.1, 0.15) is 35.4 Å². The Morgan fingerprint density at radius 1 is 1.43 bits per heavy atom. The molecule has 3 heterocycles. The minimum atomic E-state index is -0.349. The second kappa shape index (κ2) is 7.67. The average Bonchev–Trinajstić information content (AvgIpc) is 3.24. The first-order valence-corrected chi connectivity index (χ1v) is 10.9. The number of thiazole rings is 1. The summed E-state index contributed by atoms with van der Waals surface area (Å²) < 4.78 is 6.68. The maximum absolute atomic E-state index is 12.7. The van der Waals surface area contributed by atoms with E-state index >= 15 is 0 Å². The van der Waals surface area contributed by atoms with Gasteiger partial charge in [-0.2, -0.15) is 0 Å². The number of hydrogen-bond donors (Lipinski definition) is 1. The number of carbonyl (C=O) groups is 2. The summed E-state index contributed by atoms with van der Waals surface area (Å²) in [7, 11) is 0. The van der Waals surface area contributed by atoms with Crippen LogP contribution < -0.4 is 10.9 Å². The Bertz CT molecular complexity index is 1000. The van der Waals surface area contributed by atoms with Gasteiger partial charge in [-0.25, -0.2) is 9.97 Å². The maximum atomic E-state index is 12.7. The van der Waals surface area contributed by atoms with Crippen LogP contribution in [0.3, 0.4) is 0 Å². The second-order valence-electron chi connectivity index (χ2n) is 6.81. The van der Waals surface area contributed by atoms with Crippen LogP contribution in [0.25, 0.3) is 0 Å². The van der Waals surface area contributed by atoms with Crippen molar-refractivity contribution in [3.8, 4) is 0 Å². The number of rotatable bonds is 4. The largest absolute Gasteiger partial charge is 0.465 e. The number of aromatic nitrogens is 3. The van der Waals surface area contributed by atoms with E-state index in [0.29, 0.717) is 41.2 Å². The fraction of sp³-hybridized carbons (Fsp3) is 0.500. The summed E-state index contributed by atoms with van der Waals surface area (Å²) in [6.45, 7) is 4.14. The van der Waals surface area contributed by atoms with Gasteiger partial charge >= 0.3 is 5.97 Å². The van der Waals surface area contributed by atoms with Gasteiger partial charge in [-0.05, 0) is 26.7 Å². The van der Waals surface area contributed by atoms with E-state index in [1.165, 1.54) is 23.1 Å². The van der Waals surface area contributed by atoms with E-state index in [9.17, 15) is 14.4 Å². The van der Waals surface area contributed by atoms with E-state index in [2.05, 4.69) is 15.3 Å². The molecule has 4 rings (SSSR count). The lowest BCUT2D eigenvalue weighted by Crippen LogP contribution is -2.37. The number of nitrogens with one attached hydrogen (secondary N) is 1. The SMILES string of the molecule is CCOC(=O)[C@@H]1CCc2sc(NC(=O)[C@H]3CSc4ncc(C)c(=O)n4C3)nc21. The first-order valence-electron chi connectivity index (χ1n) is 9.14. The Morgan fingerprint density at radius 3 is 3.04 bits per heavy atom. The Labute approximate surface area is 169 Å². The summed E-state index contributed by atoms with van der Waals surface area (Å²) in [6.07, 6.45) is 3.03. The zero-order valence-electron chi connectivity index (χ0n) is 15.6. The summed E-state index contributed by atoms with van der Waals surface area (Å²) in [4.78, 5) is 46.9. The van der Waals surface area contributed by atoms with Gasteiger partial charge in [0.15, 0.2) is 10.3 Å². The highest BCUT2D eigenvalue weighted by Gasteiger charge is 2.34. The molecule has 1 N–H and O–H groups in total. The molecule has 1 aliphatic carbocycles. The van der Waals surface area contributed by atoms with Crippen LogP contribution in [0.2, 0.25) is 0 Å². The number of amides is 1. The van der Waals surface area contributed by atoms with Gasteiger partial charge in [0.05, 0.1) is 18.2 Å². The molecule has 0 saturated heterocycles. The van der Waals surface area contributed by atoms with Crippen molar-refractivity contribution in [2.45, 2.75) is 44.3 Å². The second-order valence-corrected chi connectivity index (χ2v) is 8.88. The van der Waals surface area contributed by atoms with Gasteiger partial charge in [-0.3, -0.25) is 19.0 Å². The summed E-state index contributed by atoms with van der Waals surface area (Å²) in [5.41, 5.74) is 1.17. The first-order chi connectivity index (χ1) is 13.5. The van der Waals surface area contributed by atoms with Crippen LogP contribution >= 0.6 is 23.1 Å². The molecular weight excluding hydrogens is 400 g/mol. The third-order valence-corrected chi connectivity index (χ3v) is 7.09. The molecule has 2 aromatic heterocycles. The van der Waals surface area contributed by atoms with Gasteiger partial charge in [-0.1, -0.05) is 11.8 Å². The molecule has 8 nitrogen and oxygen atoms in total. The zero-order valence-corrected chi connectivity index (χ0v) is 17.2. The van der Waals surface area contributed by atoms with Crippen LogP contribution in [-0.4, -0.2) is 38.8 Å². The van der Waals surface area contributed by atoms with E-state index in [1.807, 2.05) is 0 Å². The fourth-order valence-corrected chi connectivity index (χ4v) is 5.51. The molecule has 2 atom stereocenters. The Hall–Kier alpha value is -2.20. The van der Waals surface area contributed by atoms with Crippen molar-refractivity contribution in [2.75, 3.05) is 17.7 Å². The normalized spacial score (nSPS) is 20.4. The van der Waals surface area contributed by atoms with E-state index in [-0.39, 0.29) is 29.3 Å². The van der Waals surface area contributed by atoms with Gasteiger partial charge in [-0.15, -0.1) is 11.3 Å². The van der Waals surface area contributed by atoms with Crippen LogP contribution in [0.15, 0.2) is 16.1 Å². The molecule has 0 bridgehead atoms. The number of thioether (sulfide) groups is 1. The molecule has 2 aromatic rings. The minimum absolute atomic E-state index is 0.111. The molecule has 0 fully saturated rings. The van der Waals surface area contributed by atoms with E-state index in [4.69, 9.17) is 4.74 Å². The van der Waals surface area contributed by atoms with Gasteiger partial charge < -0.3 is 10.1 Å². The monoisotopic (exact) mass is 420 g/mol. The quantitative estimate of drug-likeness (QED) is 0.596. The minimum Gasteiger partial charge on any atom is -0.465 e. The third kappa shape index (κ3) is 3.46. The van der Waals surface area contributed by atoms with E-state index in [1.54, 1.807) is 24.6 Å². The number of anilines is 1. The molecule has 1 amide bonds. The number of ether oxygens (including phenoxy) is 1. The van der Waals surface area contributed by atoms with Crippen LogP contribution in [0.5, 0.6) is 0 Å². The predicted molar refractivity (Wildman–Crippen MR) is 106 cm³/mol. The highest BCUT2D eigenvalue weighted by molar-refractivity contribution is 7.99. The number of aryl methyl sites for hydroxylation is 2. The lowest BCUT2D eigenvalue weighted by Gasteiger charge is -2.23. The van der Waals surface area contributed by atoms with Crippen molar-refractivity contribution in [1.82, 2.24) is 14.5 Å². The molecule has 0 aromatic carbocycles. The summed E-state index contributed by atoms with van der Waals surface area (Å²) in [6, 6.07) is 0. The van der Waals surface area contributed by atoms with Gasteiger partial charge in [0.25, 0.3) is 5.56 Å². The Morgan fingerprint density at radius 2 is 2.25 bits per heavy atom. The summed E-state index contributed by atoms with van der Waals surface area (Å²) in [5.74, 6) is -0.573. The standard InChI is InChI=1S/C18H20N4O4S2/c1-3-26-16(25)11-4-5-12-13(11)20-17(28-12)21-14(23)10-7-22-15(24)9(2)6-19-18(22)27-8-10/h6,10-11H,3-5,7-8H2,1-2H3,(H,20,21,23)/t10-,11-/m1/s1. The van der Waals surface area contributed by atoms with Crippen molar-refractivity contribution >= 4 is 40.1 Å². The van der Waals surface area contributed by atoms with Crippen LogP contribution in [0, 0.1) is 12.8 Å². The average molecular weight is 421 g/mol. The topological polar surface area (TPSA) is 103 Å². The molecular formula is C18H20N4O4S2. The van der Waals surface area contributed by atoms with Crippen molar-refractivity contribution in [3.63, 3.8) is 0 Å². The van der Waals surface area contributed by atoms with Crippen molar-refractivity contribution in [2.24, 2.45) is 5.92 Å². The van der Waals surface area contributed by atoms with Crippen molar-refractivity contribution in [1.29, 1.82) is 0 Å². The molecule has 2 aliphatic rings. The van der Waals surface area contributed by atoms with Gasteiger partial charge in [0, 0.05) is 28.9 Å². The van der Waals surface area contributed by atoms with Crippen molar-refractivity contribution in [3.05, 3.63) is 32.7 Å². The lowest BCUT2D eigenvalue weighted by atomic mass is 10.1. The molecule has 0 saturated carbocycles. The fourth-order valence-electron chi connectivity index (χ4n) is 3.42. The van der Waals surface area contributed by atoms with E-state index in [0.717, 1.165) is 17.0 Å². The van der Waals surface area contributed by atoms with Gasteiger partial charge in [0.2, 0.25) is 5.91 Å². The molecule has 10 heteroatoms. The highest BCUT2D eigenvalue weighted by atomic mass is 32.2. The molecule has 0 radical (unpaired) electrons. The third-order valence-electron chi connectivity index (χ3n) is 4.89. The van der Waals surface area contributed by atoms with Crippen LogP contribution in [-0.2, 0) is 27.3 Å². The maximum Gasteiger partial charge on any atom is 0.315 e. The zero-order chi connectivity index (χ0) is 19.8. The van der Waals surface area contributed by atoms with Gasteiger partial charge in [0.1, 0.15) is 5.92 Å². The summed E-state index contributed by atoms with van der Waals surface area (Å²) >= 11 is 2.81. The first kappa shape index (κ1) is 19.1. The van der Waals surface area contributed by atoms with E-state index < -0.39 is 0 Å². The molecule has 28 heavy (non-hydrogen) atoms. The summed E-state index contributed by atoms with van der Waals surface area (Å²) in [5, 5.41) is 4.00. The Balaban J connectivity index is 1.47. The number of nitrogens with zero attached hydrogens (tertiary/aromatic N) is 3. The Kier molecular flexibility index (Phi) is 5.24. The number of carbonyl (C=O) groups excluding carboxylic acids is 2. The molecule has 1 aliphatic heterocycles. The smallest absolute Gasteiger partial charge is 0.315 e. The highest BCUT2D eigenvalue weighted by Crippen LogP contribution is 2.39. The molecule has 0 spiro atoms. The number of esters is 1.